The Morgan fingerprint density at radius 1 is 1.12 bits per heavy atom. The number of amides is 1. The molecule has 136 valence electrons. The zero-order valence-electron chi connectivity index (χ0n) is 14.9. The number of hydrogen-bond acceptors (Lipinski definition) is 6. The number of ether oxygens (including phenoxy) is 3. The van der Waals surface area contributed by atoms with Crippen LogP contribution in [-0.2, 0) is 0 Å². The Kier molecular flexibility index (Phi) is 7.18. The lowest BCUT2D eigenvalue weighted by Crippen LogP contribution is -2.13. The molecule has 2 rings (SSSR count). The van der Waals surface area contributed by atoms with Crippen molar-refractivity contribution in [2.24, 2.45) is 0 Å². The van der Waals surface area contributed by atoms with Crippen molar-refractivity contribution in [2.75, 3.05) is 32.4 Å². The third-order valence-electron chi connectivity index (χ3n) is 3.53. The minimum absolute atomic E-state index is 0.294. The van der Waals surface area contributed by atoms with E-state index in [1.54, 1.807) is 12.1 Å². The molecule has 7 heteroatoms. The molecule has 0 fully saturated rings. The van der Waals surface area contributed by atoms with Crippen molar-refractivity contribution in [1.29, 1.82) is 5.26 Å². The van der Waals surface area contributed by atoms with Crippen LogP contribution in [-0.4, -0.2) is 33.0 Å². The van der Waals surface area contributed by atoms with Crippen LogP contribution in [0.1, 0.15) is 16.8 Å². The number of nitrogens with one attached hydrogen (secondary N) is 1. The van der Waals surface area contributed by atoms with Crippen LogP contribution in [0.4, 0.5) is 5.69 Å². The number of para-hydroxylation sites is 1. The van der Waals surface area contributed by atoms with Gasteiger partial charge in [-0.1, -0.05) is 12.1 Å². The highest BCUT2D eigenvalue weighted by Crippen LogP contribution is 2.38. The first-order chi connectivity index (χ1) is 12.6. The van der Waals surface area contributed by atoms with Crippen molar-refractivity contribution in [1.82, 2.24) is 0 Å². The molecule has 0 aliphatic carbocycles. The first-order valence-corrected chi connectivity index (χ1v) is 8.83. The Morgan fingerprint density at radius 2 is 1.77 bits per heavy atom. The minimum atomic E-state index is -0.294. The Labute approximate surface area is 157 Å². The van der Waals surface area contributed by atoms with Gasteiger partial charge in [0.15, 0.2) is 11.5 Å². The first kappa shape index (κ1) is 19.5. The third-order valence-corrected chi connectivity index (χ3v) is 4.61. The lowest BCUT2D eigenvalue weighted by molar-refractivity contribution is 0.102. The number of rotatable bonds is 8. The maximum absolute atomic E-state index is 12.7. The molecular formula is C19H20N2O4S. The van der Waals surface area contributed by atoms with E-state index in [0.717, 1.165) is 4.90 Å². The summed E-state index contributed by atoms with van der Waals surface area (Å²) in [5, 5.41) is 11.6. The predicted molar refractivity (Wildman–Crippen MR) is 101 cm³/mol. The lowest BCUT2D eigenvalue weighted by Gasteiger charge is -2.15. The molecule has 1 N–H and O–H groups in total. The summed E-state index contributed by atoms with van der Waals surface area (Å²) >= 11 is 1.52. The number of nitrogens with zero attached hydrogens (tertiary/aromatic N) is 1. The molecule has 0 aliphatic rings. The van der Waals surface area contributed by atoms with Crippen LogP contribution in [0.25, 0.3) is 0 Å². The molecule has 0 radical (unpaired) electrons. The summed E-state index contributed by atoms with van der Waals surface area (Å²) in [5.41, 5.74) is 1.07. The van der Waals surface area contributed by atoms with Gasteiger partial charge in [-0.05, 0) is 24.3 Å². The van der Waals surface area contributed by atoms with Crippen LogP contribution in [0.5, 0.6) is 17.2 Å². The summed E-state index contributed by atoms with van der Waals surface area (Å²) in [4.78, 5) is 13.6. The summed E-state index contributed by atoms with van der Waals surface area (Å²) in [7, 11) is 4.51. The van der Waals surface area contributed by atoms with E-state index in [-0.39, 0.29) is 5.91 Å². The molecule has 0 bridgehead atoms. The molecule has 2 aromatic carbocycles. The quantitative estimate of drug-likeness (QED) is 0.558. The van der Waals surface area contributed by atoms with E-state index < -0.39 is 0 Å². The number of hydrogen-bond donors (Lipinski definition) is 1. The number of carbonyl (C=O) groups is 1. The molecule has 0 spiro atoms. The summed E-state index contributed by atoms with van der Waals surface area (Å²) in [6.45, 7) is 0. The van der Waals surface area contributed by atoms with Gasteiger partial charge in [0.05, 0.1) is 33.1 Å². The van der Waals surface area contributed by atoms with Gasteiger partial charge in [0.25, 0.3) is 5.91 Å². The molecule has 0 saturated carbocycles. The Morgan fingerprint density at radius 3 is 2.35 bits per heavy atom. The zero-order chi connectivity index (χ0) is 18.9. The number of carbonyl (C=O) groups excluding carboxylic acids is 1. The smallest absolute Gasteiger partial charge is 0.255 e. The first-order valence-electron chi connectivity index (χ1n) is 7.84. The van der Waals surface area contributed by atoms with E-state index in [2.05, 4.69) is 11.4 Å². The van der Waals surface area contributed by atoms with E-state index in [1.165, 1.54) is 33.1 Å². The second-order valence-electron chi connectivity index (χ2n) is 5.12. The Hall–Kier alpha value is -2.85. The second kappa shape index (κ2) is 9.59. The van der Waals surface area contributed by atoms with Crippen molar-refractivity contribution >= 4 is 23.4 Å². The van der Waals surface area contributed by atoms with E-state index in [1.807, 2.05) is 24.3 Å². The SMILES string of the molecule is COc1cc(C(=O)Nc2ccccc2SCCC#N)cc(OC)c1OC. The number of benzene rings is 2. The number of methoxy groups -OCH3 is 3. The van der Waals surface area contributed by atoms with Crippen molar-refractivity contribution < 1.29 is 19.0 Å². The lowest BCUT2D eigenvalue weighted by atomic mass is 10.1. The molecule has 0 unspecified atom stereocenters. The molecule has 0 heterocycles. The van der Waals surface area contributed by atoms with Gasteiger partial charge in [-0.2, -0.15) is 5.26 Å². The number of nitriles is 1. The maximum atomic E-state index is 12.7. The highest BCUT2D eigenvalue weighted by Gasteiger charge is 2.17. The minimum Gasteiger partial charge on any atom is -0.493 e. The number of thioether (sulfide) groups is 1. The van der Waals surface area contributed by atoms with Crippen LogP contribution < -0.4 is 19.5 Å². The van der Waals surface area contributed by atoms with Gasteiger partial charge in [-0.3, -0.25) is 4.79 Å². The van der Waals surface area contributed by atoms with Crippen molar-refractivity contribution in [3.8, 4) is 23.3 Å². The maximum Gasteiger partial charge on any atom is 0.255 e. The van der Waals surface area contributed by atoms with E-state index in [4.69, 9.17) is 19.5 Å². The molecule has 0 aliphatic heterocycles. The molecular weight excluding hydrogens is 352 g/mol. The van der Waals surface area contributed by atoms with Gasteiger partial charge in [0.2, 0.25) is 5.75 Å². The average Bonchev–Trinajstić information content (AvgIpc) is 2.68. The average molecular weight is 372 g/mol. The fourth-order valence-electron chi connectivity index (χ4n) is 2.31. The fraction of sp³-hybridized carbons (Fsp3) is 0.263. The van der Waals surface area contributed by atoms with E-state index in [0.29, 0.717) is 40.7 Å². The topological polar surface area (TPSA) is 80.6 Å². The van der Waals surface area contributed by atoms with Gasteiger partial charge in [-0.15, -0.1) is 11.8 Å². The molecule has 26 heavy (non-hydrogen) atoms. The van der Waals surface area contributed by atoms with E-state index in [9.17, 15) is 4.79 Å². The Bertz CT molecular complexity index is 792. The van der Waals surface area contributed by atoms with E-state index >= 15 is 0 Å². The fourth-order valence-corrected chi connectivity index (χ4v) is 3.17. The van der Waals surface area contributed by atoms with Gasteiger partial charge >= 0.3 is 0 Å². The highest BCUT2D eigenvalue weighted by molar-refractivity contribution is 7.99. The van der Waals surface area contributed by atoms with Crippen LogP contribution in [0.3, 0.4) is 0 Å². The molecule has 1 amide bonds. The third kappa shape index (κ3) is 4.61. The van der Waals surface area contributed by atoms with Gasteiger partial charge in [-0.25, -0.2) is 0 Å². The summed E-state index contributed by atoms with van der Waals surface area (Å²) in [5.74, 6) is 1.62. The highest BCUT2D eigenvalue weighted by atomic mass is 32.2. The predicted octanol–water partition coefficient (Wildman–Crippen LogP) is 3.97. The van der Waals surface area contributed by atoms with Gasteiger partial charge in [0.1, 0.15) is 0 Å². The summed E-state index contributed by atoms with van der Waals surface area (Å²) < 4.78 is 15.9. The molecule has 0 atom stereocenters. The molecule has 0 saturated heterocycles. The van der Waals surface area contributed by atoms with Gasteiger partial charge < -0.3 is 19.5 Å². The van der Waals surface area contributed by atoms with Crippen LogP contribution in [0, 0.1) is 11.3 Å². The summed E-state index contributed by atoms with van der Waals surface area (Å²) in [6, 6.07) is 12.8. The van der Waals surface area contributed by atoms with Crippen molar-refractivity contribution in [3.05, 3.63) is 42.0 Å². The molecule has 6 nitrogen and oxygen atoms in total. The normalized spacial score (nSPS) is 9.92. The van der Waals surface area contributed by atoms with Crippen molar-refractivity contribution in [2.45, 2.75) is 11.3 Å². The van der Waals surface area contributed by atoms with Gasteiger partial charge in [0, 0.05) is 22.6 Å². The monoisotopic (exact) mass is 372 g/mol. The van der Waals surface area contributed by atoms with Crippen LogP contribution >= 0.6 is 11.8 Å². The summed E-state index contributed by atoms with van der Waals surface area (Å²) in [6.07, 6.45) is 0.444. The largest absolute Gasteiger partial charge is 0.493 e. The second-order valence-corrected chi connectivity index (χ2v) is 6.26. The zero-order valence-corrected chi connectivity index (χ0v) is 15.7. The molecule has 0 aromatic heterocycles. The van der Waals surface area contributed by atoms with Crippen LogP contribution in [0.15, 0.2) is 41.3 Å². The molecule has 2 aromatic rings. The standard InChI is InChI=1S/C19H20N2O4S/c1-23-15-11-13(12-16(24-2)18(15)25-3)19(22)21-14-7-4-5-8-17(14)26-10-6-9-20/h4-5,7-8,11-12H,6,10H2,1-3H3,(H,21,22). The van der Waals surface area contributed by atoms with Crippen molar-refractivity contribution in [3.63, 3.8) is 0 Å². The Balaban J connectivity index is 2.27. The number of anilines is 1. The van der Waals surface area contributed by atoms with Crippen LogP contribution in [0.2, 0.25) is 0 Å².